The number of nitrogens with two attached hydrogens (primary N) is 1. The van der Waals surface area contributed by atoms with Crippen molar-refractivity contribution < 1.29 is 0 Å². The van der Waals surface area contributed by atoms with Gasteiger partial charge in [0.1, 0.15) is 0 Å². The van der Waals surface area contributed by atoms with Crippen molar-refractivity contribution in [3.8, 4) is 0 Å². The molecule has 2 heteroatoms. The Morgan fingerprint density at radius 2 is 1.07 bits per heavy atom. The molecule has 15 heavy (non-hydrogen) atoms. The average molecular weight is 210 g/mol. The summed E-state index contributed by atoms with van der Waals surface area (Å²) in [6, 6.07) is 0. The van der Waals surface area contributed by atoms with Crippen molar-refractivity contribution in [1.82, 2.24) is 0 Å². The molecule has 0 aromatic rings. The molecule has 1 rings (SSSR count). The Bertz CT molecular complexity index is 165. The third kappa shape index (κ3) is 5.81. The van der Waals surface area contributed by atoms with Gasteiger partial charge in [-0.25, -0.2) is 0 Å². The van der Waals surface area contributed by atoms with Crippen LogP contribution < -0.4 is 5.73 Å². The molecular weight excluding hydrogens is 184 g/mol. The first-order valence-corrected chi connectivity index (χ1v) is 6.64. The highest BCUT2D eigenvalue weighted by molar-refractivity contribution is 5.79. The molecule has 1 saturated carbocycles. The number of amidine groups is 1. The van der Waals surface area contributed by atoms with Crippen LogP contribution in [0.25, 0.3) is 0 Å². The van der Waals surface area contributed by atoms with Crippen molar-refractivity contribution in [1.29, 1.82) is 5.41 Å². The zero-order chi connectivity index (χ0) is 10.9. The standard InChI is InChI=1S/C13H26N2/c14-13(15)12-10-8-6-4-2-1-3-5-7-9-11-12/h12H,1-11H2,(H3,14,15). The molecule has 1 fully saturated rings. The summed E-state index contributed by atoms with van der Waals surface area (Å²) in [5.74, 6) is 0.802. The summed E-state index contributed by atoms with van der Waals surface area (Å²) in [5.41, 5.74) is 5.63. The zero-order valence-corrected chi connectivity index (χ0v) is 9.93. The zero-order valence-electron chi connectivity index (χ0n) is 9.93. The molecule has 0 aliphatic heterocycles. The summed E-state index contributed by atoms with van der Waals surface area (Å²) in [6.07, 6.45) is 14.5. The molecule has 0 radical (unpaired) electrons. The van der Waals surface area contributed by atoms with Gasteiger partial charge in [0.05, 0.1) is 5.84 Å². The van der Waals surface area contributed by atoms with Crippen molar-refractivity contribution in [3.05, 3.63) is 0 Å². The summed E-state index contributed by atoms with van der Waals surface area (Å²) in [4.78, 5) is 0. The van der Waals surface area contributed by atoms with Crippen molar-refractivity contribution in [2.24, 2.45) is 11.7 Å². The normalized spacial score (nSPS) is 22.7. The fourth-order valence-corrected chi connectivity index (χ4v) is 2.47. The Morgan fingerprint density at radius 1 is 0.733 bits per heavy atom. The molecule has 0 aromatic heterocycles. The molecule has 88 valence electrons. The molecule has 3 N–H and O–H groups in total. The molecule has 1 aliphatic carbocycles. The molecule has 0 amide bonds. The Kier molecular flexibility index (Phi) is 6.45. The molecule has 0 bridgehead atoms. The van der Waals surface area contributed by atoms with Crippen LogP contribution >= 0.6 is 0 Å². The van der Waals surface area contributed by atoms with Crippen LogP contribution in [-0.4, -0.2) is 5.84 Å². The lowest BCUT2D eigenvalue weighted by Gasteiger charge is -2.16. The van der Waals surface area contributed by atoms with E-state index in [0.29, 0.717) is 11.8 Å². The van der Waals surface area contributed by atoms with Gasteiger partial charge in [-0.2, -0.15) is 0 Å². The van der Waals surface area contributed by atoms with Gasteiger partial charge in [-0.3, -0.25) is 5.41 Å². The van der Waals surface area contributed by atoms with Gasteiger partial charge in [0.15, 0.2) is 0 Å². The lowest BCUT2D eigenvalue weighted by molar-refractivity contribution is 0.462. The van der Waals surface area contributed by atoms with Crippen molar-refractivity contribution in [2.45, 2.75) is 70.6 Å². The minimum absolute atomic E-state index is 0.379. The van der Waals surface area contributed by atoms with E-state index in [9.17, 15) is 0 Å². The summed E-state index contributed by atoms with van der Waals surface area (Å²) < 4.78 is 0. The van der Waals surface area contributed by atoms with Crippen LogP contribution in [-0.2, 0) is 0 Å². The first kappa shape index (κ1) is 12.5. The van der Waals surface area contributed by atoms with Crippen molar-refractivity contribution >= 4 is 5.84 Å². The summed E-state index contributed by atoms with van der Waals surface area (Å²) in [7, 11) is 0. The van der Waals surface area contributed by atoms with E-state index in [4.69, 9.17) is 11.1 Å². The molecule has 0 heterocycles. The predicted molar refractivity (Wildman–Crippen MR) is 66.2 cm³/mol. The predicted octanol–water partition coefficient (Wildman–Crippen LogP) is 3.84. The van der Waals surface area contributed by atoms with E-state index in [2.05, 4.69) is 0 Å². The quantitative estimate of drug-likeness (QED) is 0.501. The van der Waals surface area contributed by atoms with Crippen molar-refractivity contribution in [3.63, 3.8) is 0 Å². The second-order valence-corrected chi connectivity index (χ2v) is 4.91. The van der Waals surface area contributed by atoms with Crippen LogP contribution in [0.1, 0.15) is 70.6 Å². The second-order valence-electron chi connectivity index (χ2n) is 4.91. The van der Waals surface area contributed by atoms with Crippen LogP contribution in [0.3, 0.4) is 0 Å². The fourth-order valence-electron chi connectivity index (χ4n) is 2.47. The van der Waals surface area contributed by atoms with Crippen molar-refractivity contribution in [2.75, 3.05) is 0 Å². The largest absolute Gasteiger partial charge is 0.387 e. The minimum atomic E-state index is 0.379. The molecule has 0 unspecified atom stereocenters. The van der Waals surface area contributed by atoms with E-state index in [1.54, 1.807) is 0 Å². The van der Waals surface area contributed by atoms with E-state index in [1.807, 2.05) is 0 Å². The Morgan fingerprint density at radius 3 is 1.40 bits per heavy atom. The van der Waals surface area contributed by atoms with E-state index in [0.717, 1.165) is 12.8 Å². The van der Waals surface area contributed by atoms with Crippen LogP contribution in [0.4, 0.5) is 0 Å². The maximum absolute atomic E-state index is 7.56. The number of rotatable bonds is 1. The van der Waals surface area contributed by atoms with Crippen LogP contribution in [0.2, 0.25) is 0 Å². The molecule has 0 saturated heterocycles. The van der Waals surface area contributed by atoms with E-state index >= 15 is 0 Å². The Labute approximate surface area is 94.1 Å². The number of nitrogens with one attached hydrogen (secondary N) is 1. The van der Waals surface area contributed by atoms with Gasteiger partial charge >= 0.3 is 0 Å². The maximum Gasteiger partial charge on any atom is 0.0936 e. The number of hydrogen-bond acceptors (Lipinski definition) is 1. The molecule has 0 spiro atoms. The SMILES string of the molecule is N=C(N)C1CCCCCCCCCCC1. The van der Waals surface area contributed by atoms with Gasteiger partial charge in [-0.1, -0.05) is 57.8 Å². The summed E-state index contributed by atoms with van der Waals surface area (Å²) >= 11 is 0. The third-order valence-corrected chi connectivity index (χ3v) is 3.54. The topological polar surface area (TPSA) is 49.9 Å². The Balaban J connectivity index is 2.28. The highest BCUT2D eigenvalue weighted by Gasteiger charge is 2.11. The lowest BCUT2D eigenvalue weighted by atomic mass is 9.92. The highest BCUT2D eigenvalue weighted by Crippen LogP contribution is 2.20. The van der Waals surface area contributed by atoms with Crippen LogP contribution in [0.15, 0.2) is 0 Å². The molecule has 1 aliphatic rings. The van der Waals surface area contributed by atoms with E-state index < -0.39 is 0 Å². The monoisotopic (exact) mass is 210 g/mol. The average Bonchev–Trinajstić information content (AvgIpc) is 2.18. The minimum Gasteiger partial charge on any atom is -0.387 e. The van der Waals surface area contributed by atoms with Gasteiger partial charge in [-0.05, 0) is 12.8 Å². The Hall–Kier alpha value is -0.530. The van der Waals surface area contributed by atoms with Gasteiger partial charge in [0.2, 0.25) is 0 Å². The van der Waals surface area contributed by atoms with E-state index in [-0.39, 0.29) is 0 Å². The lowest BCUT2D eigenvalue weighted by Crippen LogP contribution is -2.22. The molecule has 0 atom stereocenters. The van der Waals surface area contributed by atoms with Gasteiger partial charge in [0.25, 0.3) is 0 Å². The van der Waals surface area contributed by atoms with Gasteiger partial charge < -0.3 is 5.73 Å². The second kappa shape index (κ2) is 7.72. The third-order valence-electron chi connectivity index (χ3n) is 3.54. The summed E-state index contributed by atoms with van der Waals surface area (Å²) in [6.45, 7) is 0. The van der Waals surface area contributed by atoms with Gasteiger partial charge in [-0.15, -0.1) is 0 Å². The highest BCUT2D eigenvalue weighted by atomic mass is 14.7. The molecule has 2 nitrogen and oxygen atoms in total. The van der Waals surface area contributed by atoms with E-state index in [1.165, 1.54) is 57.8 Å². The first-order chi connectivity index (χ1) is 7.30. The summed E-state index contributed by atoms with van der Waals surface area (Å²) in [5, 5.41) is 7.56. The molecular formula is C13H26N2. The van der Waals surface area contributed by atoms with Crippen LogP contribution in [0.5, 0.6) is 0 Å². The first-order valence-electron chi connectivity index (χ1n) is 6.64. The van der Waals surface area contributed by atoms with Gasteiger partial charge in [0, 0.05) is 5.92 Å². The fraction of sp³-hybridized carbons (Fsp3) is 0.923. The number of hydrogen-bond donors (Lipinski definition) is 2. The van der Waals surface area contributed by atoms with Crippen LogP contribution in [0, 0.1) is 11.3 Å². The smallest absolute Gasteiger partial charge is 0.0936 e. The maximum atomic E-state index is 7.56. The molecule has 0 aromatic carbocycles.